The van der Waals surface area contributed by atoms with Crippen molar-refractivity contribution in [3.8, 4) is 28.7 Å². The Morgan fingerprint density at radius 1 is 0.511 bits per heavy atom. The predicted molar refractivity (Wildman–Crippen MR) is 177 cm³/mol. The molecule has 0 aliphatic heterocycles. The number of hydrogen-bond acceptors (Lipinski definition) is 8. The molecule has 47 heavy (non-hydrogen) atoms. The maximum Gasteiger partial charge on any atom is 0.266 e. The third kappa shape index (κ3) is 5.12. The van der Waals surface area contributed by atoms with Gasteiger partial charge >= 0.3 is 0 Å². The van der Waals surface area contributed by atoms with Crippen LogP contribution < -0.4 is 31.7 Å². The summed E-state index contributed by atoms with van der Waals surface area (Å²) in [5.41, 5.74) is -1.09. The second-order valence-corrected chi connectivity index (χ2v) is 13.0. The maximum atomic E-state index is 13.3. The van der Waals surface area contributed by atoms with Crippen molar-refractivity contribution < 1.29 is 17.9 Å². The van der Waals surface area contributed by atoms with Crippen molar-refractivity contribution in [3.63, 3.8) is 0 Å². The molecule has 0 aliphatic rings. The van der Waals surface area contributed by atoms with Crippen molar-refractivity contribution >= 4 is 31.4 Å². The fourth-order valence-corrected chi connectivity index (χ4v) is 6.74. The normalized spacial score (nSPS) is 11.7. The molecule has 0 N–H and O–H groups in total. The van der Waals surface area contributed by atoms with E-state index in [1.54, 1.807) is 30.3 Å². The summed E-state index contributed by atoms with van der Waals surface area (Å²) in [6, 6.07) is 28.4. The summed E-state index contributed by atoms with van der Waals surface area (Å²) < 4.78 is 40.2. The summed E-state index contributed by atoms with van der Waals surface area (Å²) in [7, 11) is -2.49. The highest BCUT2D eigenvalue weighted by Gasteiger charge is 2.20. The molecule has 0 amide bonds. The van der Waals surface area contributed by atoms with Gasteiger partial charge in [0.25, 0.3) is 22.2 Å². The number of ether oxygens (including phenoxy) is 2. The second-order valence-electron chi connectivity index (χ2n) is 11.0. The summed E-state index contributed by atoms with van der Waals surface area (Å²) >= 11 is 0. The first kappa shape index (κ1) is 29.6. The molecule has 2 heterocycles. The van der Waals surface area contributed by atoms with E-state index in [2.05, 4.69) is 0 Å². The minimum atomic E-state index is -3.83. The zero-order valence-corrected chi connectivity index (χ0v) is 25.8. The Balaban J connectivity index is 1.12. The average Bonchev–Trinajstić information content (AvgIpc) is 3.43. The number of hydrogen-bond donors (Lipinski definition) is 0. The first-order chi connectivity index (χ1) is 22.5. The topological polar surface area (TPSA) is 131 Å². The largest absolute Gasteiger partial charge is 0.457 e. The number of aryl methyl sites for hydroxylation is 1. The standard InChI is InChI=1S/C36H24N2O8S/c1-21-5-3-7-25(17-21)45-23-9-13-27(14-10-23)47(43,44)28-15-11-24(12-16-28)46-26-8-4-6-22(18-26)38-35(41)31-19-29-30(20-32(31)36(38)42)34(40)37(2)33(29)39/h3-20H,1-2H3. The molecule has 0 spiro atoms. The van der Waals surface area contributed by atoms with Crippen LogP contribution in [-0.4, -0.2) is 17.6 Å². The molecule has 0 bridgehead atoms. The number of benzene rings is 5. The molecule has 5 aromatic carbocycles. The Kier molecular flexibility index (Phi) is 6.98. The fraction of sp³-hybridized carbons (Fsp3) is 0.0556. The Morgan fingerprint density at radius 2 is 0.957 bits per heavy atom. The van der Waals surface area contributed by atoms with Crippen molar-refractivity contribution in [2.24, 2.45) is 7.05 Å². The Morgan fingerprint density at radius 3 is 1.45 bits per heavy atom. The molecule has 10 nitrogen and oxygen atoms in total. The van der Waals surface area contributed by atoms with E-state index in [9.17, 15) is 27.6 Å². The van der Waals surface area contributed by atoms with Crippen LogP contribution in [0, 0.1) is 6.92 Å². The SMILES string of the molecule is Cc1cccc(Oc2ccc(S(=O)(=O)c3ccc(Oc4cccc(-n5c(=O)c6cc7c(=O)n(C)c(=O)c7cc6c5=O)c4)cc3)cc2)c1. The molecule has 7 aromatic rings. The molecule has 0 radical (unpaired) electrons. The molecule has 11 heteroatoms. The quantitative estimate of drug-likeness (QED) is 0.233. The van der Waals surface area contributed by atoms with Crippen molar-refractivity contribution in [3.05, 3.63) is 156 Å². The van der Waals surface area contributed by atoms with E-state index in [1.807, 2.05) is 31.2 Å². The molecule has 2 aromatic heterocycles. The van der Waals surface area contributed by atoms with Gasteiger partial charge in [-0.1, -0.05) is 18.2 Å². The zero-order valence-electron chi connectivity index (χ0n) is 25.0. The highest BCUT2D eigenvalue weighted by atomic mass is 32.2. The monoisotopic (exact) mass is 644 g/mol. The molecule has 0 fully saturated rings. The van der Waals surface area contributed by atoms with Gasteiger partial charge in [-0.2, -0.15) is 0 Å². The first-order valence-corrected chi connectivity index (χ1v) is 15.9. The van der Waals surface area contributed by atoms with Crippen LogP contribution >= 0.6 is 0 Å². The van der Waals surface area contributed by atoms with Crippen LogP contribution in [0.4, 0.5) is 0 Å². The van der Waals surface area contributed by atoms with Gasteiger partial charge in [-0.15, -0.1) is 0 Å². The van der Waals surface area contributed by atoms with E-state index in [0.29, 0.717) is 17.2 Å². The number of fused-ring (bicyclic) bond motifs is 2. The molecule has 0 aliphatic carbocycles. The Bertz CT molecular complexity index is 2600. The van der Waals surface area contributed by atoms with Crippen molar-refractivity contribution in [2.45, 2.75) is 16.7 Å². The molecule has 232 valence electrons. The van der Waals surface area contributed by atoms with Gasteiger partial charge in [0.1, 0.15) is 23.0 Å². The Hall–Kier alpha value is -6.07. The molecule has 7 rings (SSSR count). The van der Waals surface area contributed by atoms with Crippen LogP contribution in [-0.2, 0) is 16.9 Å². The van der Waals surface area contributed by atoms with Crippen LogP contribution in [0.5, 0.6) is 23.0 Å². The van der Waals surface area contributed by atoms with Gasteiger partial charge < -0.3 is 9.47 Å². The molecular weight excluding hydrogens is 620 g/mol. The lowest BCUT2D eigenvalue weighted by molar-refractivity contribution is 0.481. The summed E-state index contributed by atoms with van der Waals surface area (Å²) in [5.74, 6) is 1.76. The van der Waals surface area contributed by atoms with Crippen molar-refractivity contribution in [2.75, 3.05) is 0 Å². The van der Waals surface area contributed by atoms with Gasteiger partial charge in [0.15, 0.2) is 0 Å². The number of aromatic nitrogens is 2. The third-order valence-electron chi connectivity index (χ3n) is 7.90. The van der Waals surface area contributed by atoms with E-state index < -0.39 is 32.1 Å². The first-order valence-electron chi connectivity index (χ1n) is 14.4. The number of rotatable bonds is 7. The van der Waals surface area contributed by atoms with Gasteiger partial charge in [0.05, 0.1) is 37.0 Å². The number of nitrogens with zero attached hydrogens (tertiary/aromatic N) is 2. The third-order valence-corrected chi connectivity index (χ3v) is 9.69. The van der Waals surface area contributed by atoms with E-state index in [1.165, 1.54) is 61.6 Å². The predicted octanol–water partition coefficient (Wildman–Crippen LogP) is 5.16. The minimum Gasteiger partial charge on any atom is -0.457 e. The summed E-state index contributed by atoms with van der Waals surface area (Å²) in [6.45, 7) is 1.95. The lowest BCUT2D eigenvalue weighted by Gasteiger charge is -2.10. The molecule has 0 unspecified atom stereocenters. The number of sulfone groups is 1. The zero-order chi connectivity index (χ0) is 33.0. The molecule has 0 saturated heterocycles. The maximum absolute atomic E-state index is 13.3. The summed E-state index contributed by atoms with van der Waals surface area (Å²) in [4.78, 5) is 51.6. The van der Waals surface area contributed by atoms with Crippen LogP contribution in [0.3, 0.4) is 0 Å². The summed E-state index contributed by atoms with van der Waals surface area (Å²) in [5, 5.41) is 0.209. The fourth-order valence-electron chi connectivity index (χ4n) is 5.48. The second kappa shape index (κ2) is 11.1. The van der Waals surface area contributed by atoms with Crippen LogP contribution in [0.15, 0.2) is 138 Å². The van der Waals surface area contributed by atoms with E-state index in [0.717, 1.165) is 14.7 Å². The van der Waals surface area contributed by atoms with Crippen molar-refractivity contribution in [1.82, 2.24) is 9.13 Å². The van der Waals surface area contributed by atoms with Gasteiger partial charge in [-0.25, -0.2) is 13.0 Å². The van der Waals surface area contributed by atoms with Gasteiger partial charge in [-0.3, -0.25) is 23.7 Å². The lowest BCUT2D eigenvalue weighted by atomic mass is 10.1. The highest BCUT2D eigenvalue weighted by molar-refractivity contribution is 7.91. The average molecular weight is 645 g/mol. The molecular formula is C36H24N2O8S. The molecule has 0 atom stereocenters. The smallest absolute Gasteiger partial charge is 0.266 e. The van der Waals surface area contributed by atoms with E-state index >= 15 is 0 Å². The summed E-state index contributed by atoms with van der Waals surface area (Å²) in [6.07, 6.45) is 0. The van der Waals surface area contributed by atoms with Crippen LogP contribution in [0.2, 0.25) is 0 Å². The van der Waals surface area contributed by atoms with Crippen molar-refractivity contribution in [1.29, 1.82) is 0 Å². The van der Waals surface area contributed by atoms with Gasteiger partial charge in [0, 0.05) is 13.1 Å². The van der Waals surface area contributed by atoms with Crippen LogP contribution in [0.25, 0.3) is 27.2 Å². The van der Waals surface area contributed by atoms with Crippen LogP contribution in [0.1, 0.15) is 5.56 Å². The van der Waals surface area contributed by atoms with Gasteiger partial charge in [0.2, 0.25) is 9.84 Å². The highest BCUT2D eigenvalue weighted by Crippen LogP contribution is 2.29. The lowest BCUT2D eigenvalue weighted by Crippen LogP contribution is -2.23. The van der Waals surface area contributed by atoms with Gasteiger partial charge in [-0.05, 0) is 97.4 Å². The molecule has 0 saturated carbocycles. The Labute approximate surface area is 266 Å². The van der Waals surface area contributed by atoms with E-state index in [-0.39, 0.29) is 42.8 Å². The van der Waals surface area contributed by atoms with E-state index in [4.69, 9.17) is 9.47 Å². The minimum absolute atomic E-state index is 0.0294.